The average Bonchev–Trinajstić information content (AvgIpc) is 2.77. The van der Waals surface area contributed by atoms with Crippen LogP contribution in [-0.2, 0) is 17.9 Å². The molecular weight excluding hydrogens is 404 g/mol. The van der Waals surface area contributed by atoms with Crippen LogP contribution < -0.4 is 16.1 Å². The second kappa shape index (κ2) is 8.36. The molecule has 0 aliphatic carbocycles. The molecule has 2 aromatic carbocycles. The first-order valence-corrected chi connectivity index (χ1v) is 10.4. The molecule has 0 saturated carbocycles. The van der Waals surface area contributed by atoms with E-state index in [9.17, 15) is 14.4 Å². The van der Waals surface area contributed by atoms with E-state index in [4.69, 9.17) is 11.6 Å². The van der Waals surface area contributed by atoms with Crippen molar-refractivity contribution in [1.82, 2.24) is 14.0 Å². The Hall–Kier alpha value is -3.06. The van der Waals surface area contributed by atoms with Crippen LogP contribution in [-0.4, -0.2) is 46.1 Å². The standard InChI is InChI=1S/C22H23ClN4O3/c1-2-26-21(29)16-7-3-5-9-18(16)27(22(26)30)15-20(28)25-13-11-24(12-14-25)19-10-6-4-8-17(19)23/h3-10H,2,11-15H2,1H3. The van der Waals surface area contributed by atoms with Crippen LogP contribution in [0.5, 0.6) is 0 Å². The fourth-order valence-electron chi connectivity index (χ4n) is 3.94. The molecule has 0 atom stereocenters. The minimum atomic E-state index is -0.454. The lowest BCUT2D eigenvalue weighted by Crippen LogP contribution is -2.51. The number of piperazine rings is 1. The van der Waals surface area contributed by atoms with Gasteiger partial charge in [0.1, 0.15) is 6.54 Å². The minimum Gasteiger partial charge on any atom is -0.367 e. The average molecular weight is 427 g/mol. The first-order valence-electron chi connectivity index (χ1n) is 10.0. The van der Waals surface area contributed by atoms with Crippen molar-refractivity contribution in [2.24, 2.45) is 0 Å². The van der Waals surface area contributed by atoms with E-state index in [1.807, 2.05) is 24.3 Å². The van der Waals surface area contributed by atoms with E-state index in [1.165, 1.54) is 9.13 Å². The Morgan fingerprint density at radius 1 is 0.933 bits per heavy atom. The smallest absolute Gasteiger partial charge is 0.331 e. The summed E-state index contributed by atoms with van der Waals surface area (Å²) in [6, 6.07) is 14.6. The molecule has 0 unspecified atom stereocenters. The molecule has 2 heterocycles. The van der Waals surface area contributed by atoms with Gasteiger partial charge in [0.15, 0.2) is 0 Å². The molecule has 7 nitrogen and oxygen atoms in total. The molecule has 0 spiro atoms. The van der Waals surface area contributed by atoms with Gasteiger partial charge in [-0.1, -0.05) is 35.9 Å². The molecule has 8 heteroatoms. The van der Waals surface area contributed by atoms with E-state index in [0.717, 1.165) is 5.69 Å². The summed E-state index contributed by atoms with van der Waals surface area (Å²) in [6.45, 7) is 4.34. The fraction of sp³-hybridized carbons (Fsp3) is 0.318. The lowest BCUT2D eigenvalue weighted by atomic mass is 10.2. The van der Waals surface area contributed by atoms with E-state index < -0.39 is 5.69 Å². The number of amides is 1. The highest BCUT2D eigenvalue weighted by molar-refractivity contribution is 6.33. The Balaban J connectivity index is 1.56. The number of rotatable bonds is 4. The van der Waals surface area contributed by atoms with Crippen LogP contribution >= 0.6 is 11.6 Å². The van der Waals surface area contributed by atoms with Gasteiger partial charge in [-0.05, 0) is 31.2 Å². The Labute approximate surface area is 178 Å². The van der Waals surface area contributed by atoms with Crippen LogP contribution in [0.15, 0.2) is 58.1 Å². The third-order valence-electron chi connectivity index (χ3n) is 5.57. The van der Waals surface area contributed by atoms with Crippen LogP contribution in [0.4, 0.5) is 5.69 Å². The molecule has 0 bridgehead atoms. The van der Waals surface area contributed by atoms with Crippen LogP contribution in [0, 0.1) is 0 Å². The lowest BCUT2D eigenvalue weighted by Gasteiger charge is -2.36. The first-order chi connectivity index (χ1) is 14.5. The topological polar surface area (TPSA) is 67.6 Å². The van der Waals surface area contributed by atoms with Crippen LogP contribution in [0.2, 0.25) is 5.02 Å². The van der Waals surface area contributed by atoms with Gasteiger partial charge in [-0.3, -0.25) is 18.7 Å². The Morgan fingerprint density at radius 2 is 1.60 bits per heavy atom. The molecule has 1 aliphatic rings. The van der Waals surface area contributed by atoms with Gasteiger partial charge in [-0.25, -0.2) is 4.79 Å². The quantitative estimate of drug-likeness (QED) is 0.641. The maximum absolute atomic E-state index is 13.0. The molecule has 1 fully saturated rings. The molecular formula is C22H23ClN4O3. The van der Waals surface area contributed by atoms with Crippen LogP contribution in [0.1, 0.15) is 6.92 Å². The van der Waals surface area contributed by atoms with Gasteiger partial charge in [0.2, 0.25) is 5.91 Å². The van der Waals surface area contributed by atoms with Crippen molar-refractivity contribution in [3.63, 3.8) is 0 Å². The zero-order chi connectivity index (χ0) is 21.3. The number of hydrogen-bond acceptors (Lipinski definition) is 4. The SMILES string of the molecule is CCn1c(=O)c2ccccc2n(CC(=O)N2CCN(c3ccccc3Cl)CC2)c1=O. The van der Waals surface area contributed by atoms with E-state index in [2.05, 4.69) is 4.90 Å². The van der Waals surface area contributed by atoms with E-state index >= 15 is 0 Å². The fourth-order valence-corrected chi connectivity index (χ4v) is 4.20. The number of halogens is 1. The van der Waals surface area contributed by atoms with Gasteiger partial charge in [0.25, 0.3) is 5.56 Å². The van der Waals surface area contributed by atoms with Crippen molar-refractivity contribution in [3.05, 3.63) is 74.4 Å². The highest BCUT2D eigenvalue weighted by atomic mass is 35.5. The van der Waals surface area contributed by atoms with Gasteiger partial charge >= 0.3 is 5.69 Å². The second-order valence-electron chi connectivity index (χ2n) is 7.25. The lowest BCUT2D eigenvalue weighted by molar-refractivity contribution is -0.132. The molecule has 3 aromatic rings. The van der Waals surface area contributed by atoms with Crippen molar-refractivity contribution in [2.75, 3.05) is 31.1 Å². The molecule has 1 aliphatic heterocycles. The number of benzene rings is 2. The van der Waals surface area contributed by atoms with Gasteiger partial charge in [-0.15, -0.1) is 0 Å². The largest absolute Gasteiger partial charge is 0.367 e. The van der Waals surface area contributed by atoms with E-state index in [1.54, 1.807) is 36.1 Å². The number of fused-ring (bicyclic) bond motifs is 1. The van der Waals surface area contributed by atoms with Gasteiger partial charge in [-0.2, -0.15) is 0 Å². The van der Waals surface area contributed by atoms with E-state index in [-0.39, 0.29) is 24.6 Å². The number of hydrogen-bond donors (Lipinski definition) is 0. The summed E-state index contributed by atoms with van der Waals surface area (Å²) in [4.78, 5) is 42.3. The summed E-state index contributed by atoms with van der Waals surface area (Å²) in [5.41, 5.74) is 0.670. The molecule has 1 amide bonds. The summed E-state index contributed by atoms with van der Waals surface area (Å²) in [5.74, 6) is -0.137. The Morgan fingerprint density at radius 3 is 2.30 bits per heavy atom. The number of para-hydroxylation sites is 2. The van der Waals surface area contributed by atoms with Crippen molar-refractivity contribution >= 4 is 34.1 Å². The van der Waals surface area contributed by atoms with Crippen LogP contribution in [0.3, 0.4) is 0 Å². The molecule has 0 radical (unpaired) electrons. The maximum atomic E-state index is 13.0. The number of aromatic nitrogens is 2. The zero-order valence-electron chi connectivity index (χ0n) is 16.8. The van der Waals surface area contributed by atoms with Crippen molar-refractivity contribution in [2.45, 2.75) is 20.0 Å². The highest BCUT2D eigenvalue weighted by Gasteiger charge is 2.24. The molecule has 1 saturated heterocycles. The van der Waals surface area contributed by atoms with Crippen molar-refractivity contribution < 1.29 is 4.79 Å². The Kier molecular flexibility index (Phi) is 5.63. The summed E-state index contributed by atoms with van der Waals surface area (Å²) >= 11 is 6.29. The highest BCUT2D eigenvalue weighted by Crippen LogP contribution is 2.26. The van der Waals surface area contributed by atoms with E-state index in [0.29, 0.717) is 42.1 Å². The molecule has 30 heavy (non-hydrogen) atoms. The predicted octanol–water partition coefficient (Wildman–Crippen LogP) is 2.19. The van der Waals surface area contributed by atoms with Gasteiger partial charge in [0, 0.05) is 32.7 Å². The van der Waals surface area contributed by atoms with Crippen molar-refractivity contribution in [3.8, 4) is 0 Å². The number of nitrogens with zero attached hydrogens (tertiary/aromatic N) is 4. The maximum Gasteiger partial charge on any atom is 0.331 e. The molecule has 0 N–H and O–H groups in total. The summed E-state index contributed by atoms with van der Waals surface area (Å²) in [6.07, 6.45) is 0. The number of carbonyl (C=O) groups is 1. The zero-order valence-corrected chi connectivity index (χ0v) is 17.5. The van der Waals surface area contributed by atoms with Crippen LogP contribution in [0.25, 0.3) is 10.9 Å². The molecule has 156 valence electrons. The Bertz CT molecular complexity index is 1210. The normalized spacial score (nSPS) is 14.3. The summed E-state index contributed by atoms with van der Waals surface area (Å²) < 4.78 is 2.58. The minimum absolute atomic E-state index is 0.0915. The predicted molar refractivity (Wildman–Crippen MR) is 118 cm³/mol. The summed E-state index contributed by atoms with van der Waals surface area (Å²) in [7, 11) is 0. The van der Waals surface area contributed by atoms with Crippen molar-refractivity contribution in [1.29, 1.82) is 0 Å². The monoisotopic (exact) mass is 426 g/mol. The number of anilines is 1. The second-order valence-corrected chi connectivity index (χ2v) is 7.66. The van der Waals surface area contributed by atoms with Gasteiger partial charge < -0.3 is 9.80 Å². The number of carbonyl (C=O) groups excluding carboxylic acids is 1. The molecule has 1 aromatic heterocycles. The first kappa shape index (κ1) is 20.2. The van der Waals surface area contributed by atoms with Gasteiger partial charge in [0.05, 0.1) is 21.6 Å². The summed E-state index contributed by atoms with van der Waals surface area (Å²) in [5, 5.41) is 1.13. The third kappa shape index (κ3) is 3.61. The third-order valence-corrected chi connectivity index (χ3v) is 5.89. The molecule has 4 rings (SSSR count).